The highest BCUT2D eigenvalue weighted by Gasteiger charge is 2.39. The normalized spacial score (nSPS) is 28.2. The zero-order valence-electron chi connectivity index (χ0n) is 11.1. The number of aromatic nitrogens is 2. The Bertz CT molecular complexity index is 396. The first-order valence-corrected chi connectivity index (χ1v) is 8.08. The lowest BCUT2D eigenvalue weighted by Gasteiger charge is -2.30. The molecule has 1 heterocycles. The van der Waals surface area contributed by atoms with Gasteiger partial charge in [0, 0.05) is 16.8 Å². The van der Waals surface area contributed by atoms with Gasteiger partial charge in [0.2, 0.25) is 0 Å². The second kappa shape index (κ2) is 5.86. The molecule has 4 nitrogen and oxygen atoms in total. The fourth-order valence-corrected chi connectivity index (χ4v) is 4.97. The van der Waals surface area contributed by atoms with Gasteiger partial charge in [-0.15, -0.1) is 10.2 Å². The molecule has 0 radical (unpaired) electrons. The van der Waals surface area contributed by atoms with Gasteiger partial charge in [-0.3, -0.25) is 0 Å². The first-order chi connectivity index (χ1) is 8.53. The van der Waals surface area contributed by atoms with Crippen molar-refractivity contribution in [2.75, 3.05) is 6.61 Å². The van der Waals surface area contributed by atoms with E-state index in [9.17, 15) is 5.11 Å². The van der Waals surface area contributed by atoms with Crippen molar-refractivity contribution in [3.8, 4) is 0 Å². The summed E-state index contributed by atoms with van der Waals surface area (Å²) in [7, 11) is 0. The fraction of sp³-hybridized carbons (Fsp3) is 0.833. The van der Waals surface area contributed by atoms with E-state index >= 15 is 0 Å². The SMILES string of the molecule is Cc1nnc(SC2CCC(CO)(NC(C)C)C2)s1. The molecule has 0 bridgehead atoms. The van der Waals surface area contributed by atoms with Crippen molar-refractivity contribution in [3.05, 3.63) is 5.01 Å². The first-order valence-electron chi connectivity index (χ1n) is 6.38. The van der Waals surface area contributed by atoms with Crippen LogP contribution in [0.3, 0.4) is 0 Å². The molecule has 1 aromatic heterocycles. The summed E-state index contributed by atoms with van der Waals surface area (Å²) in [5.41, 5.74) is -0.0917. The fourth-order valence-electron chi connectivity index (χ4n) is 2.58. The first kappa shape index (κ1) is 14.2. The molecule has 0 saturated heterocycles. The molecule has 1 aliphatic rings. The van der Waals surface area contributed by atoms with Crippen LogP contribution in [0.15, 0.2) is 4.34 Å². The average molecular weight is 287 g/mol. The largest absolute Gasteiger partial charge is 0.394 e. The second-order valence-corrected chi connectivity index (χ2v) is 8.04. The van der Waals surface area contributed by atoms with Crippen LogP contribution >= 0.6 is 23.1 Å². The molecule has 0 amide bonds. The van der Waals surface area contributed by atoms with Gasteiger partial charge in [0.25, 0.3) is 0 Å². The highest BCUT2D eigenvalue weighted by molar-refractivity contribution is 8.01. The van der Waals surface area contributed by atoms with Crippen molar-refractivity contribution in [2.24, 2.45) is 0 Å². The Labute approximate surface area is 117 Å². The lowest BCUT2D eigenvalue weighted by Crippen LogP contribution is -2.49. The van der Waals surface area contributed by atoms with Crippen LogP contribution in [-0.2, 0) is 0 Å². The van der Waals surface area contributed by atoms with E-state index < -0.39 is 0 Å². The maximum absolute atomic E-state index is 9.66. The van der Waals surface area contributed by atoms with Crippen molar-refractivity contribution in [1.82, 2.24) is 15.5 Å². The topological polar surface area (TPSA) is 58.0 Å². The van der Waals surface area contributed by atoms with E-state index in [2.05, 4.69) is 29.4 Å². The standard InChI is InChI=1S/C12H21N3OS2/c1-8(2)13-12(7-16)5-4-10(6-12)18-11-15-14-9(3)17-11/h8,10,13,16H,4-7H2,1-3H3. The Morgan fingerprint density at radius 3 is 2.89 bits per heavy atom. The lowest BCUT2D eigenvalue weighted by atomic mass is 9.98. The summed E-state index contributed by atoms with van der Waals surface area (Å²) in [5, 5.41) is 23.0. The molecule has 2 N–H and O–H groups in total. The molecule has 0 aromatic carbocycles. The molecule has 1 aliphatic carbocycles. The number of nitrogens with one attached hydrogen (secondary N) is 1. The molecule has 2 atom stereocenters. The van der Waals surface area contributed by atoms with Crippen molar-refractivity contribution in [1.29, 1.82) is 0 Å². The number of aryl methyl sites for hydroxylation is 1. The molecular formula is C12H21N3OS2. The van der Waals surface area contributed by atoms with Crippen molar-refractivity contribution >= 4 is 23.1 Å². The van der Waals surface area contributed by atoms with E-state index in [1.807, 2.05) is 18.7 Å². The van der Waals surface area contributed by atoms with Crippen molar-refractivity contribution in [3.63, 3.8) is 0 Å². The van der Waals surface area contributed by atoms with Gasteiger partial charge in [0.1, 0.15) is 5.01 Å². The van der Waals surface area contributed by atoms with Gasteiger partial charge >= 0.3 is 0 Å². The van der Waals surface area contributed by atoms with Crippen LogP contribution in [0.4, 0.5) is 0 Å². The van der Waals surface area contributed by atoms with Crippen LogP contribution in [0.25, 0.3) is 0 Å². The van der Waals surface area contributed by atoms with Gasteiger partial charge in [-0.05, 0) is 26.2 Å². The van der Waals surface area contributed by atoms with E-state index in [0.717, 1.165) is 28.6 Å². The molecule has 2 rings (SSSR count). The predicted molar refractivity (Wildman–Crippen MR) is 76.2 cm³/mol. The number of nitrogens with zero attached hydrogens (tertiary/aromatic N) is 2. The molecule has 1 aromatic rings. The summed E-state index contributed by atoms with van der Waals surface area (Å²) in [5.74, 6) is 0. The number of aliphatic hydroxyl groups excluding tert-OH is 1. The minimum absolute atomic E-state index is 0.0917. The summed E-state index contributed by atoms with van der Waals surface area (Å²) >= 11 is 3.46. The van der Waals surface area contributed by atoms with E-state index in [4.69, 9.17) is 0 Å². The summed E-state index contributed by atoms with van der Waals surface area (Å²) in [6.07, 6.45) is 3.17. The molecule has 6 heteroatoms. The van der Waals surface area contributed by atoms with Crippen LogP contribution < -0.4 is 5.32 Å². The van der Waals surface area contributed by atoms with Crippen molar-refractivity contribution < 1.29 is 5.11 Å². The maximum Gasteiger partial charge on any atom is 0.174 e. The number of hydrogen-bond donors (Lipinski definition) is 2. The Morgan fingerprint density at radius 1 is 1.56 bits per heavy atom. The predicted octanol–water partition coefficient (Wildman–Crippen LogP) is 2.22. The average Bonchev–Trinajstić information content (AvgIpc) is 2.87. The van der Waals surface area contributed by atoms with Gasteiger partial charge in [-0.25, -0.2) is 0 Å². The van der Waals surface area contributed by atoms with Gasteiger partial charge in [-0.2, -0.15) is 0 Å². The molecule has 1 fully saturated rings. The van der Waals surface area contributed by atoms with E-state index in [1.54, 1.807) is 11.3 Å². The van der Waals surface area contributed by atoms with Gasteiger partial charge in [-0.1, -0.05) is 36.9 Å². The molecule has 18 heavy (non-hydrogen) atoms. The monoisotopic (exact) mass is 287 g/mol. The maximum atomic E-state index is 9.66. The van der Waals surface area contributed by atoms with Gasteiger partial charge in [0.15, 0.2) is 4.34 Å². The third-order valence-electron chi connectivity index (χ3n) is 3.24. The van der Waals surface area contributed by atoms with E-state index in [1.165, 1.54) is 0 Å². The van der Waals surface area contributed by atoms with Gasteiger partial charge in [0.05, 0.1) is 6.61 Å². The second-order valence-electron chi connectivity index (χ2n) is 5.31. The molecule has 2 unspecified atom stereocenters. The Hall–Kier alpha value is -0.170. The van der Waals surface area contributed by atoms with E-state index in [0.29, 0.717) is 11.3 Å². The van der Waals surface area contributed by atoms with Crippen molar-refractivity contribution in [2.45, 2.75) is 61.2 Å². The highest BCUT2D eigenvalue weighted by atomic mass is 32.2. The molecule has 102 valence electrons. The highest BCUT2D eigenvalue weighted by Crippen LogP contribution is 2.40. The van der Waals surface area contributed by atoms with Crippen LogP contribution in [0.2, 0.25) is 0 Å². The Balaban J connectivity index is 1.94. The summed E-state index contributed by atoms with van der Waals surface area (Å²) in [6.45, 7) is 6.46. The molecule has 0 spiro atoms. The summed E-state index contributed by atoms with van der Waals surface area (Å²) in [6, 6.07) is 0.407. The smallest absolute Gasteiger partial charge is 0.174 e. The zero-order chi connectivity index (χ0) is 13.2. The molecule has 0 aliphatic heterocycles. The number of aliphatic hydroxyl groups is 1. The Morgan fingerprint density at radius 2 is 2.33 bits per heavy atom. The summed E-state index contributed by atoms with van der Waals surface area (Å²) in [4.78, 5) is 0. The van der Waals surface area contributed by atoms with E-state index in [-0.39, 0.29) is 12.1 Å². The third kappa shape index (κ3) is 3.44. The lowest BCUT2D eigenvalue weighted by molar-refractivity contribution is 0.156. The minimum Gasteiger partial charge on any atom is -0.394 e. The zero-order valence-corrected chi connectivity index (χ0v) is 12.8. The Kier molecular flexibility index (Phi) is 4.64. The molecule has 1 saturated carbocycles. The number of hydrogen-bond acceptors (Lipinski definition) is 6. The number of thioether (sulfide) groups is 1. The quantitative estimate of drug-likeness (QED) is 0.869. The van der Waals surface area contributed by atoms with Crippen LogP contribution in [-0.4, -0.2) is 38.7 Å². The van der Waals surface area contributed by atoms with Crippen LogP contribution in [0.5, 0.6) is 0 Å². The van der Waals surface area contributed by atoms with Crippen LogP contribution in [0, 0.1) is 6.92 Å². The van der Waals surface area contributed by atoms with Crippen LogP contribution in [0.1, 0.15) is 38.1 Å². The number of rotatable bonds is 5. The summed E-state index contributed by atoms with van der Waals surface area (Å²) < 4.78 is 1.05. The van der Waals surface area contributed by atoms with Gasteiger partial charge < -0.3 is 10.4 Å². The minimum atomic E-state index is -0.0917. The molecular weight excluding hydrogens is 266 g/mol. The third-order valence-corrected chi connectivity index (χ3v) is 5.43.